The first-order valence-corrected chi connectivity index (χ1v) is 13.7. The molecule has 8 N–H and O–H groups in total. The van der Waals surface area contributed by atoms with Crippen LogP contribution in [0.5, 0.6) is 0 Å². The molecule has 2 radical (unpaired) electrons. The molecule has 5 aromatic heterocycles. The summed E-state index contributed by atoms with van der Waals surface area (Å²) in [4.78, 5) is 38.7. The third-order valence-electron chi connectivity index (χ3n) is 5.16. The first-order valence-electron chi connectivity index (χ1n) is 14.2. The van der Waals surface area contributed by atoms with E-state index in [1.807, 2.05) is 12.1 Å². The van der Waals surface area contributed by atoms with Crippen LogP contribution in [0.15, 0.2) is 115 Å². The second-order valence-electron chi connectivity index (χ2n) is 8.36. The summed E-state index contributed by atoms with van der Waals surface area (Å²) < 4.78 is 9.91. The third-order valence-corrected chi connectivity index (χ3v) is 5.16. The van der Waals surface area contributed by atoms with Crippen molar-refractivity contribution in [2.75, 3.05) is 25.1 Å². The van der Waals surface area contributed by atoms with Crippen LogP contribution in [0.25, 0.3) is 0 Å². The monoisotopic (exact) mass is 935 g/mol. The summed E-state index contributed by atoms with van der Waals surface area (Å²) in [6.07, 6.45) is 7.09. The van der Waals surface area contributed by atoms with Gasteiger partial charge in [0.1, 0.15) is 47.2 Å². The number of nitro groups is 2. The van der Waals surface area contributed by atoms with E-state index in [4.69, 9.17) is 28.7 Å². The molecule has 5 aromatic rings. The molecule has 0 bridgehead atoms. The van der Waals surface area contributed by atoms with E-state index in [0.29, 0.717) is 28.7 Å². The van der Waals surface area contributed by atoms with Gasteiger partial charge in [-0.25, -0.2) is 20.8 Å². The van der Waals surface area contributed by atoms with Gasteiger partial charge in [0.15, 0.2) is 5.84 Å². The number of aliphatic hydroxyl groups excluding tert-OH is 1. The van der Waals surface area contributed by atoms with Crippen molar-refractivity contribution in [1.82, 2.24) is 24.9 Å². The quantitative estimate of drug-likeness (QED) is 0.0341. The maximum Gasteiger partial charge on any atom is 0.287 e. The zero-order chi connectivity index (χ0) is 39.1. The predicted molar refractivity (Wildman–Crippen MR) is 190 cm³/mol. The SMILES string of the molecule is CO.COC(=N)c1ccccn1.N#Cc1ccccn1.N/C(=N\Nc1ccc([N+](=O)[O-])cn1)c1ccccn1.NNc1ccc([N+](=O)[O-])cn1.[2H][B].[U]. The summed E-state index contributed by atoms with van der Waals surface area (Å²) in [5.41, 5.74) is 12.0. The number of hydrogen-bond acceptors (Lipinski definition) is 17. The first kappa shape index (κ1) is 45.6. The Kier molecular flexibility index (Phi) is 25.0. The Hall–Kier alpha value is -6.38. The Morgan fingerprint density at radius 1 is 0.865 bits per heavy atom. The second-order valence-corrected chi connectivity index (χ2v) is 8.36. The van der Waals surface area contributed by atoms with Gasteiger partial charge < -0.3 is 21.0 Å². The van der Waals surface area contributed by atoms with Crippen molar-refractivity contribution >= 4 is 43.1 Å². The minimum atomic E-state index is -0.525. The maximum atomic E-state index is 10.5. The van der Waals surface area contributed by atoms with Gasteiger partial charge in [-0.3, -0.25) is 41.0 Å². The smallest absolute Gasteiger partial charge is 0.287 e. The summed E-state index contributed by atoms with van der Waals surface area (Å²) >= 11 is 0. The number of methoxy groups -OCH3 is 1. The van der Waals surface area contributed by atoms with E-state index in [2.05, 4.69) is 54.0 Å². The van der Waals surface area contributed by atoms with Gasteiger partial charge in [0.05, 0.1) is 17.0 Å². The topological polar surface area (TPSA) is 316 Å². The number of nitrogens with zero attached hydrogens (tertiary/aromatic N) is 9. The number of amidine groups is 1. The molecule has 0 aliphatic carbocycles. The zero-order valence-electron chi connectivity index (χ0n) is 28.6. The van der Waals surface area contributed by atoms with E-state index in [-0.39, 0.29) is 54.2 Å². The number of ether oxygens (including phenoxy) is 1. The Morgan fingerprint density at radius 3 is 1.69 bits per heavy atom. The number of nitriles is 1. The second kappa shape index (κ2) is 28.5. The van der Waals surface area contributed by atoms with Gasteiger partial charge in [-0.1, -0.05) is 18.2 Å². The standard InChI is InChI=1S/C11H10N6O2.C7H8N2O.C6H4N2.C5H6N4O2.CH4O.BH.U/c12-11(9-3-1-2-6-13-9)16-15-10-5-4-8(7-14-10)17(18)19;1-10-7(8)6-4-2-3-5-9-6;7-5-6-3-1-2-4-8-6;6-8-5-2-1-4(3-7-5)9(10)11;1-2;;/h1-7H,(H2,12,16)(H,14,15);2-5,8H,1H3;1-4H;1-3H,6H2,(H,7,8);2H,1H3;1H;/i;;;;;1D;. The average Bonchev–Trinajstić information content (AvgIpc) is 3.23. The van der Waals surface area contributed by atoms with Crippen molar-refractivity contribution in [3.8, 4) is 6.07 Å². The molecule has 5 rings (SSSR count). The summed E-state index contributed by atoms with van der Waals surface area (Å²) in [7, 11) is 6.21. The molecule has 20 nitrogen and oxygen atoms in total. The Morgan fingerprint density at radius 2 is 1.35 bits per heavy atom. The van der Waals surface area contributed by atoms with Gasteiger partial charge in [0, 0.05) is 77.3 Å². The fourth-order valence-corrected chi connectivity index (χ4v) is 2.86. The minimum Gasteiger partial charge on any atom is -0.480 e. The van der Waals surface area contributed by atoms with E-state index >= 15 is 0 Å². The number of rotatable bonds is 7. The van der Waals surface area contributed by atoms with Crippen LogP contribution in [-0.4, -0.2) is 75.5 Å². The number of aliphatic hydroxyl groups is 1. The van der Waals surface area contributed by atoms with Crippen molar-refractivity contribution in [3.63, 3.8) is 0 Å². The third kappa shape index (κ3) is 19.0. The van der Waals surface area contributed by atoms with E-state index in [9.17, 15) is 20.2 Å². The first-order chi connectivity index (χ1) is 25.2. The molecule has 0 amide bonds. The Balaban J connectivity index is 0. The molecule has 22 heteroatoms. The number of hydrazone groups is 1. The van der Waals surface area contributed by atoms with Gasteiger partial charge in [-0.05, 0) is 49.9 Å². The molecule has 0 fully saturated rings. The van der Waals surface area contributed by atoms with Crippen LogP contribution in [0.3, 0.4) is 0 Å². The minimum absolute atomic E-state index is 0. The average molecular weight is 936 g/mol. The van der Waals surface area contributed by atoms with Gasteiger partial charge >= 0.3 is 0 Å². The molecular formula is C30H33BN14O6U. The van der Waals surface area contributed by atoms with Gasteiger partial charge in [0.25, 0.3) is 11.4 Å². The van der Waals surface area contributed by atoms with E-state index < -0.39 is 9.85 Å². The van der Waals surface area contributed by atoms with Crippen molar-refractivity contribution in [2.24, 2.45) is 16.7 Å². The molecule has 0 aromatic carbocycles. The van der Waals surface area contributed by atoms with E-state index in [0.717, 1.165) is 19.5 Å². The largest absolute Gasteiger partial charge is 0.480 e. The fraction of sp³-hybridized carbons (Fsp3) is 0.0667. The number of nitrogens with two attached hydrogens (primary N) is 2. The summed E-state index contributed by atoms with van der Waals surface area (Å²) in [5.74, 6) is 6.04. The maximum absolute atomic E-state index is 10.5. The normalized spacial score (nSPS) is 9.13. The summed E-state index contributed by atoms with van der Waals surface area (Å²) in [6, 6.07) is 23.3. The molecule has 0 aliphatic rings. The van der Waals surface area contributed by atoms with Crippen LogP contribution in [-0.2, 0) is 4.74 Å². The van der Waals surface area contributed by atoms with Gasteiger partial charge in [0.2, 0.25) is 5.90 Å². The fourth-order valence-electron chi connectivity index (χ4n) is 2.86. The van der Waals surface area contributed by atoms with E-state index in [1.54, 1.807) is 67.1 Å². The number of hydrazine groups is 1. The number of aromatic nitrogens is 5. The number of nitrogens with one attached hydrogen (secondary N) is 3. The molecule has 0 unspecified atom stereocenters. The van der Waals surface area contributed by atoms with Gasteiger partial charge in [-0.15, -0.1) is 0 Å². The van der Waals surface area contributed by atoms with Crippen molar-refractivity contribution < 1.29 is 50.8 Å². The van der Waals surface area contributed by atoms with Crippen LogP contribution in [0, 0.1) is 68.1 Å². The van der Waals surface area contributed by atoms with Crippen LogP contribution in [0.4, 0.5) is 23.0 Å². The molecule has 0 saturated carbocycles. The molecule has 0 aliphatic heterocycles. The number of nitrogen functional groups attached to an aromatic ring is 1. The zero-order valence-corrected chi connectivity index (χ0v) is 31.8. The Labute approximate surface area is 324 Å². The molecule has 5 heterocycles. The van der Waals surface area contributed by atoms with Crippen LogP contribution >= 0.6 is 0 Å². The molecule has 0 spiro atoms. The van der Waals surface area contributed by atoms with Crippen LogP contribution < -0.4 is 22.4 Å². The van der Waals surface area contributed by atoms with Gasteiger partial charge in [-0.2, -0.15) is 10.4 Å². The summed E-state index contributed by atoms with van der Waals surface area (Å²) in [6.45, 7) is 0. The molecule has 0 atom stereocenters. The van der Waals surface area contributed by atoms with Crippen molar-refractivity contribution in [3.05, 3.63) is 147 Å². The number of anilines is 2. The molecule has 52 heavy (non-hydrogen) atoms. The molecule has 266 valence electrons. The Bertz CT molecular complexity index is 1810. The van der Waals surface area contributed by atoms with Crippen molar-refractivity contribution in [1.29, 1.82) is 12.0 Å². The molecular weight excluding hydrogens is 901 g/mol. The number of pyridine rings is 5. The molecule has 0 saturated heterocycles. The van der Waals surface area contributed by atoms with E-state index in [1.165, 1.54) is 31.4 Å². The summed E-state index contributed by atoms with van der Waals surface area (Å²) in [5, 5.41) is 46.9. The number of hydrogen-bond donors (Lipinski definition) is 6. The van der Waals surface area contributed by atoms with Crippen LogP contribution in [0.1, 0.15) is 17.1 Å². The predicted octanol–water partition coefficient (Wildman–Crippen LogP) is 2.36. The van der Waals surface area contributed by atoms with Crippen molar-refractivity contribution in [2.45, 2.75) is 0 Å². The van der Waals surface area contributed by atoms with Crippen LogP contribution in [0.2, 0.25) is 0 Å².